The van der Waals surface area contributed by atoms with Crippen molar-refractivity contribution in [2.24, 2.45) is 0 Å². The Morgan fingerprint density at radius 3 is 2.25 bits per heavy atom. The van der Waals surface area contributed by atoms with Crippen molar-refractivity contribution in [1.29, 1.82) is 10.5 Å². The van der Waals surface area contributed by atoms with E-state index < -0.39 is 45.3 Å². The SMILES string of the molecule is C#CCCCCC#Cc1cn([C@H]2C[C@@H](OCC)[C@@H](CNP(=O)(OCCCCC#C)OP(=O)(OCCC#N)OCCC#N)O2)c(=O)[nH]c1=O. The Morgan fingerprint density at radius 2 is 1.62 bits per heavy atom. The van der Waals surface area contributed by atoms with Crippen LogP contribution in [0.3, 0.4) is 0 Å². The van der Waals surface area contributed by atoms with Gasteiger partial charge in [0, 0.05) is 45.0 Å². The zero-order chi connectivity index (χ0) is 35.3. The first-order valence-electron chi connectivity index (χ1n) is 15.5. The summed E-state index contributed by atoms with van der Waals surface area (Å²) in [5, 5.41) is 20.4. The molecule has 0 saturated carbocycles. The molecule has 2 N–H and O–H groups in total. The Kier molecular flexibility index (Phi) is 18.8. The smallest absolute Gasteiger partial charge is 0.376 e. The number of aromatic nitrogens is 2. The summed E-state index contributed by atoms with van der Waals surface area (Å²) in [6, 6.07) is 3.64. The number of ether oxygens (including phenoxy) is 2. The number of nitrogens with one attached hydrogen (secondary N) is 2. The van der Waals surface area contributed by atoms with E-state index in [2.05, 4.69) is 33.8 Å². The zero-order valence-electron chi connectivity index (χ0n) is 26.9. The van der Waals surface area contributed by atoms with Crippen LogP contribution in [0.5, 0.6) is 0 Å². The molecule has 0 aliphatic carbocycles. The molecule has 2 heterocycles. The number of nitriles is 2. The lowest BCUT2D eigenvalue weighted by Gasteiger charge is -2.26. The second kappa shape index (κ2) is 22.2. The van der Waals surface area contributed by atoms with Gasteiger partial charge in [-0.15, -0.1) is 24.7 Å². The summed E-state index contributed by atoms with van der Waals surface area (Å²) in [4.78, 5) is 27.5. The van der Waals surface area contributed by atoms with E-state index in [4.69, 9.17) is 50.7 Å². The molecule has 0 aromatic carbocycles. The molecule has 0 amide bonds. The molecule has 0 bridgehead atoms. The van der Waals surface area contributed by atoms with E-state index in [0.29, 0.717) is 32.1 Å². The maximum absolute atomic E-state index is 13.9. The Hall–Kier alpha value is -3.48. The Bertz CT molecular complexity index is 1600. The number of aromatic amines is 1. The molecule has 15 nitrogen and oxygen atoms in total. The molecule has 1 fully saturated rings. The van der Waals surface area contributed by atoms with Gasteiger partial charge in [0.1, 0.15) is 11.8 Å². The van der Waals surface area contributed by atoms with E-state index in [-0.39, 0.29) is 57.8 Å². The fraction of sp³-hybridized carbons (Fsp3) is 0.613. The molecule has 1 aliphatic heterocycles. The van der Waals surface area contributed by atoms with Crippen molar-refractivity contribution in [2.45, 2.75) is 89.6 Å². The van der Waals surface area contributed by atoms with Crippen LogP contribution in [-0.4, -0.2) is 54.7 Å². The maximum atomic E-state index is 13.9. The van der Waals surface area contributed by atoms with Gasteiger partial charge in [-0.2, -0.15) is 14.8 Å². The van der Waals surface area contributed by atoms with Gasteiger partial charge in [-0.25, -0.2) is 19.0 Å². The number of rotatable bonds is 22. The van der Waals surface area contributed by atoms with E-state index in [1.54, 1.807) is 6.92 Å². The molecule has 1 aromatic heterocycles. The van der Waals surface area contributed by atoms with Crippen LogP contribution < -0.4 is 16.3 Å². The highest BCUT2D eigenvalue weighted by Crippen LogP contribution is 2.63. The molecule has 1 saturated heterocycles. The molecule has 260 valence electrons. The van der Waals surface area contributed by atoms with Crippen LogP contribution in [-0.2, 0) is 36.5 Å². The minimum atomic E-state index is -4.60. The highest BCUT2D eigenvalue weighted by Gasteiger charge is 2.43. The highest BCUT2D eigenvalue weighted by atomic mass is 31.3. The first-order valence-corrected chi connectivity index (χ1v) is 18.5. The second-order valence-corrected chi connectivity index (χ2v) is 13.8. The standard InChI is InChI=1S/C31H41N5O10P2/c1-4-7-9-11-12-13-17-26-25-36(31(38)35-30(26)37)29-23-27(41-6-3)28(45-29)24-34-47(39,42-20-14-10-8-5-2)46-48(40,43-21-15-18-32)44-22-16-19-33/h1-2,25,27-29H,6-12,14-16,20-24H2,3H3,(H,34,39)(H,35,37,38)/t27-,28-,29-,47?/m1/s1. The summed E-state index contributed by atoms with van der Waals surface area (Å²) in [5.74, 6) is 10.8. The van der Waals surface area contributed by atoms with Gasteiger partial charge in [0.25, 0.3) is 5.56 Å². The largest absolute Gasteiger partial charge is 0.483 e. The van der Waals surface area contributed by atoms with Gasteiger partial charge >= 0.3 is 21.3 Å². The van der Waals surface area contributed by atoms with E-state index >= 15 is 0 Å². The van der Waals surface area contributed by atoms with Crippen molar-refractivity contribution in [3.8, 4) is 48.7 Å². The van der Waals surface area contributed by atoms with Crippen molar-refractivity contribution < 1.29 is 36.5 Å². The lowest BCUT2D eigenvalue weighted by molar-refractivity contribution is -0.0342. The van der Waals surface area contributed by atoms with Crippen LogP contribution in [0.1, 0.15) is 82.9 Å². The quantitative estimate of drug-likeness (QED) is 0.0984. The van der Waals surface area contributed by atoms with Crippen molar-refractivity contribution in [2.75, 3.05) is 33.0 Å². The monoisotopic (exact) mass is 705 g/mol. The predicted octanol–water partition coefficient (Wildman–Crippen LogP) is 4.28. The molecule has 1 aliphatic rings. The number of phosphoric ester groups is 1. The summed E-state index contributed by atoms with van der Waals surface area (Å²) < 4.78 is 61.8. The topological polar surface area (TPSA) is 204 Å². The highest BCUT2D eigenvalue weighted by molar-refractivity contribution is 7.63. The predicted molar refractivity (Wildman–Crippen MR) is 175 cm³/mol. The third-order valence-corrected chi connectivity index (χ3v) is 10.3. The average molecular weight is 706 g/mol. The number of hydrogen-bond acceptors (Lipinski definition) is 12. The van der Waals surface area contributed by atoms with Crippen LogP contribution in [0, 0.1) is 59.2 Å². The van der Waals surface area contributed by atoms with E-state index in [0.717, 1.165) is 12.8 Å². The number of unbranched alkanes of at least 4 members (excludes halogenated alkanes) is 5. The van der Waals surface area contributed by atoms with Gasteiger partial charge in [-0.05, 0) is 32.6 Å². The zero-order valence-corrected chi connectivity index (χ0v) is 28.7. The molecule has 48 heavy (non-hydrogen) atoms. The summed E-state index contributed by atoms with van der Waals surface area (Å²) >= 11 is 0. The molecule has 0 radical (unpaired) electrons. The van der Waals surface area contributed by atoms with Gasteiger partial charge in [0.15, 0.2) is 0 Å². The normalized spacial score (nSPS) is 18.4. The van der Waals surface area contributed by atoms with Gasteiger partial charge in [-0.1, -0.05) is 11.8 Å². The molecule has 2 rings (SSSR count). The Balaban J connectivity index is 2.28. The number of hydrogen-bond donors (Lipinski definition) is 2. The Morgan fingerprint density at radius 1 is 0.979 bits per heavy atom. The average Bonchev–Trinajstić information content (AvgIpc) is 3.45. The van der Waals surface area contributed by atoms with Crippen LogP contribution in [0.25, 0.3) is 0 Å². The summed E-state index contributed by atoms with van der Waals surface area (Å²) in [7, 11) is -9.09. The fourth-order valence-corrected chi connectivity index (χ4v) is 7.68. The minimum absolute atomic E-state index is 0.0735. The molecule has 1 unspecified atom stereocenters. The van der Waals surface area contributed by atoms with Crippen LogP contribution in [0.4, 0.5) is 0 Å². The minimum Gasteiger partial charge on any atom is -0.376 e. The first-order chi connectivity index (χ1) is 23.1. The van der Waals surface area contributed by atoms with E-state index in [1.165, 1.54) is 10.8 Å². The van der Waals surface area contributed by atoms with Crippen LogP contribution in [0.15, 0.2) is 15.8 Å². The van der Waals surface area contributed by atoms with E-state index in [1.807, 2.05) is 12.1 Å². The number of H-pyrrole nitrogens is 1. The first kappa shape index (κ1) is 40.7. The lowest BCUT2D eigenvalue weighted by atomic mass is 10.1. The van der Waals surface area contributed by atoms with Crippen molar-refractivity contribution >= 4 is 15.6 Å². The van der Waals surface area contributed by atoms with Crippen molar-refractivity contribution in [3.63, 3.8) is 0 Å². The summed E-state index contributed by atoms with van der Waals surface area (Å²) in [5.41, 5.74) is -1.28. The second-order valence-electron chi connectivity index (χ2n) is 10.1. The summed E-state index contributed by atoms with van der Waals surface area (Å²) in [6.07, 6.45) is 13.5. The molecular weight excluding hydrogens is 664 g/mol. The molecule has 0 spiro atoms. The van der Waals surface area contributed by atoms with Crippen LogP contribution in [0.2, 0.25) is 0 Å². The Labute approximate surface area is 280 Å². The maximum Gasteiger partial charge on any atom is 0.483 e. The molecular formula is C31H41N5O10P2. The number of nitrogens with zero attached hydrogens (tertiary/aromatic N) is 3. The fourth-order valence-electron chi connectivity index (χ4n) is 4.27. The van der Waals surface area contributed by atoms with Crippen LogP contribution >= 0.6 is 15.6 Å². The molecule has 17 heteroatoms. The van der Waals surface area contributed by atoms with Gasteiger partial charge < -0.3 is 9.47 Å². The third kappa shape index (κ3) is 14.3. The van der Waals surface area contributed by atoms with Crippen molar-refractivity contribution in [3.05, 3.63) is 32.6 Å². The van der Waals surface area contributed by atoms with Gasteiger partial charge in [-0.3, -0.25) is 27.9 Å². The van der Waals surface area contributed by atoms with Gasteiger partial charge in [0.2, 0.25) is 0 Å². The van der Waals surface area contributed by atoms with Crippen molar-refractivity contribution in [1.82, 2.24) is 14.6 Å². The number of phosphoric acid groups is 1. The number of terminal acetylenes is 2. The van der Waals surface area contributed by atoms with Gasteiger partial charge in [0.05, 0.1) is 57.0 Å². The summed E-state index contributed by atoms with van der Waals surface area (Å²) in [6.45, 7) is 0.973. The molecule has 4 atom stereocenters. The van der Waals surface area contributed by atoms with E-state index in [9.17, 15) is 18.7 Å². The third-order valence-electron chi connectivity index (χ3n) is 6.53. The molecule has 1 aromatic rings. The lowest BCUT2D eigenvalue weighted by Crippen LogP contribution is -2.35.